The van der Waals surface area contributed by atoms with Gasteiger partial charge in [-0.15, -0.1) is 6.58 Å². The lowest BCUT2D eigenvalue weighted by Crippen LogP contribution is -2.33. The number of aromatic amines is 2. The van der Waals surface area contributed by atoms with Gasteiger partial charge in [0, 0.05) is 42.3 Å². The van der Waals surface area contributed by atoms with Crippen LogP contribution in [0.4, 0.5) is 4.39 Å². The number of likely N-dealkylation sites (tertiary alicyclic amines) is 1. The van der Waals surface area contributed by atoms with E-state index in [4.69, 9.17) is 33.6 Å². The van der Waals surface area contributed by atoms with Gasteiger partial charge in [-0.2, -0.15) is 0 Å². The second-order valence-electron chi connectivity index (χ2n) is 16.2. The Morgan fingerprint density at radius 1 is 1.01 bits per heavy atom. The molecule has 0 aliphatic carbocycles. The second kappa shape index (κ2) is 30.1. The van der Waals surface area contributed by atoms with Crippen molar-refractivity contribution in [1.29, 1.82) is 0 Å². The van der Waals surface area contributed by atoms with E-state index in [0.717, 1.165) is 80.7 Å². The number of carbonyl (C=O) groups excluding carboxylic acids is 3. The number of hydrogen-bond donors (Lipinski definition) is 6. The van der Waals surface area contributed by atoms with E-state index in [1.165, 1.54) is 27.6 Å². The van der Waals surface area contributed by atoms with Gasteiger partial charge in [0.1, 0.15) is 42.7 Å². The largest absolute Gasteiger partial charge is 0.462 e. The molecule has 6 aromatic rings. The number of nitrogens with zero attached hydrogens (tertiary/aromatic N) is 5. The molecule has 2 aliphatic heterocycles. The van der Waals surface area contributed by atoms with Crippen LogP contribution < -0.4 is 21.9 Å². The summed E-state index contributed by atoms with van der Waals surface area (Å²) in [5.74, 6) is 4.08. The van der Waals surface area contributed by atoms with Crippen molar-refractivity contribution in [1.82, 2.24) is 34.3 Å². The highest BCUT2D eigenvalue weighted by Gasteiger charge is 2.33. The minimum absolute atomic E-state index is 0.0288. The predicted molar refractivity (Wildman–Crippen MR) is 272 cm³/mol. The third-order valence-corrected chi connectivity index (χ3v) is 10.5. The summed E-state index contributed by atoms with van der Waals surface area (Å²) in [6.45, 7) is 18.7. The average Bonchev–Trinajstić information content (AvgIpc) is 4.21. The Kier molecular flexibility index (Phi) is 25.6. The molecule has 2 aromatic carbocycles. The maximum absolute atomic E-state index is 13.5. The highest BCUT2D eigenvalue weighted by molar-refractivity contribution is 5.92. The minimum atomic E-state index is -0.904. The molecule has 1 fully saturated rings. The van der Waals surface area contributed by atoms with Crippen LogP contribution >= 0.6 is 0 Å². The van der Waals surface area contributed by atoms with Gasteiger partial charge in [-0.05, 0) is 96.2 Å². The highest BCUT2D eigenvalue weighted by Crippen LogP contribution is 2.46. The third kappa shape index (κ3) is 15.8. The molecule has 4 atom stereocenters. The first-order valence-corrected chi connectivity index (χ1v) is 22.9. The van der Waals surface area contributed by atoms with Crippen molar-refractivity contribution < 1.29 is 37.8 Å². The van der Waals surface area contributed by atoms with Crippen molar-refractivity contribution >= 4 is 30.0 Å². The van der Waals surface area contributed by atoms with Crippen LogP contribution in [0.2, 0.25) is 0 Å². The summed E-state index contributed by atoms with van der Waals surface area (Å²) in [6, 6.07) is 18.5. The summed E-state index contributed by atoms with van der Waals surface area (Å²) < 4.78 is 33.7. The number of amides is 2. The Balaban J connectivity index is 0.000000747. The molecule has 2 aliphatic rings. The van der Waals surface area contributed by atoms with Crippen molar-refractivity contribution in [2.24, 2.45) is 23.1 Å². The number of fused-ring (bicyclic) bond motifs is 5. The summed E-state index contributed by atoms with van der Waals surface area (Å²) in [5.41, 5.74) is 19.8. The Bertz CT molecular complexity index is 2440. The van der Waals surface area contributed by atoms with Crippen LogP contribution in [0.3, 0.4) is 0 Å². The fourth-order valence-electron chi connectivity index (χ4n) is 7.63. The number of aryl methyl sites for hydroxylation is 1. The zero-order chi connectivity index (χ0) is 51.8. The molecule has 8 rings (SSSR count). The lowest BCUT2D eigenvalue weighted by Gasteiger charge is -2.29. The number of aromatic nitrogens is 5. The van der Waals surface area contributed by atoms with Crippen molar-refractivity contribution in [3.8, 4) is 39.5 Å². The number of halogens is 1. The lowest BCUT2D eigenvalue weighted by atomic mass is 10.0. The van der Waals surface area contributed by atoms with Gasteiger partial charge in [-0.1, -0.05) is 52.3 Å². The molecule has 4 unspecified atom stereocenters. The molecule has 17 nitrogen and oxygen atoms in total. The lowest BCUT2D eigenvalue weighted by molar-refractivity contribution is -0.136. The summed E-state index contributed by atoms with van der Waals surface area (Å²) in [4.78, 5) is 49.1. The van der Waals surface area contributed by atoms with Gasteiger partial charge in [0.15, 0.2) is 5.76 Å². The van der Waals surface area contributed by atoms with Gasteiger partial charge < -0.3 is 55.9 Å². The number of carbonyl (C=O) groups is 3. The normalized spacial score (nSPS) is 14.9. The fourth-order valence-corrected chi connectivity index (χ4v) is 7.63. The smallest absolute Gasteiger partial charge is 0.249 e. The molecule has 9 N–H and O–H groups in total. The molecular weight excluding hydrogens is 884 g/mol. The number of rotatable bonds is 12. The predicted octanol–water partition coefficient (Wildman–Crippen LogP) is 7.70. The van der Waals surface area contributed by atoms with Crippen molar-refractivity contribution in [3.63, 3.8) is 0 Å². The number of alkyl halides is 1. The Hall–Kier alpha value is -6.44. The molecule has 2 amide bonds. The number of benzene rings is 2. The summed E-state index contributed by atoms with van der Waals surface area (Å²) in [6.07, 6.45) is 6.72. The molecule has 378 valence electrons. The van der Waals surface area contributed by atoms with Gasteiger partial charge in [-0.3, -0.25) is 19.1 Å². The first kappa shape index (κ1) is 58.7. The van der Waals surface area contributed by atoms with E-state index in [1.54, 1.807) is 13.0 Å². The summed E-state index contributed by atoms with van der Waals surface area (Å²) in [5, 5.41) is 9.87. The molecular formula is C51H75FN10O7. The number of hydrogen-bond acceptors (Lipinski definition) is 12. The van der Waals surface area contributed by atoms with Gasteiger partial charge in [0.05, 0.1) is 53.7 Å². The topological polar surface area (TPSA) is 250 Å². The monoisotopic (exact) mass is 959 g/mol. The van der Waals surface area contributed by atoms with E-state index in [0.29, 0.717) is 31.3 Å². The molecule has 1 saturated heterocycles. The van der Waals surface area contributed by atoms with E-state index < -0.39 is 12.4 Å². The number of aliphatic hydroxyl groups excluding tert-OH is 1. The van der Waals surface area contributed by atoms with E-state index in [2.05, 4.69) is 93.5 Å². The molecule has 6 heterocycles. The van der Waals surface area contributed by atoms with Crippen LogP contribution in [-0.4, -0.2) is 119 Å². The van der Waals surface area contributed by atoms with Crippen LogP contribution in [-0.2, 0) is 25.7 Å². The zero-order valence-electron chi connectivity index (χ0n) is 42.0. The number of nitrogens with one attached hydrogen (secondary N) is 2. The molecule has 0 bridgehead atoms. The number of primary amides is 1. The van der Waals surface area contributed by atoms with Crippen LogP contribution in [0.15, 0.2) is 84.1 Å². The first-order chi connectivity index (χ1) is 33.3. The number of furan rings is 1. The first-order valence-electron chi connectivity index (χ1n) is 22.9. The second-order valence-corrected chi connectivity index (χ2v) is 16.2. The van der Waals surface area contributed by atoms with Crippen LogP contribution in [0.1, 0.15) is 89.3 Å². The highest BCUT2D eigenvalue weighted by atomic mass is 19.1. The number of ether oxygens (including phenoxy) is 2. The summed E-state index contributed by atoms with van der Waals surface area (Å²) >= 11 is 0. The SMILES string of the molecule is C=CC(O)C(C)C.C=O.CCC.CN.CN.COCC(=O)N1CCCC1c1ncc(-c2ccc3c(c2)OC(c2ccc(C)o2)n2c-3cc3cc(-c4cnc(CN(C)CC(C)F)[nH]4)ccc32)[nH]1.NC=O. The van der Waals surface area contributed by atoms with Crippen molar-refractivity contribution in [2.75, 3.05) is 47.9 Å². The molecule has 0 radical (unpaired) electrons. The Morgan fingerprint density at radius 3 is 2.22 bits per heavy atom. The number of aliphatic hydroxyl groups is 1. The van der Waals surface area contributed by atoms with Crippen LogP contribution in [0.25, 0.3) is 44.7 Å². The van der Waals surface area contributed by atoms with Gasteiger partial charge in [0.2, 0.25) is 18.5 Å². The summed E-state index contributed by atoms with van der Waals surface area (Å²) in [7, 11) is 6.43. The molecule has 0 spiro atoms. The quantitative estimate of drug-likeness (QED) is 0.0510. The molecule has 69 heavy (non-hydrogen) atoms. The standard InChI is InChI=1S/C38H40FN7O4.C6H12O.C3H8.CH3NO.2CH5N.CH2O/c1-22(39)19-44(3)20-35-40-17-28(42-35)24-9-11-30-26(14-24)15-32-27-10-8-25(16-34(27)50-38(46(30)32)33-12-7-23(2)49-33)29-18-41-37(43-29)31-6-5-13-45(31)36(47)21-48-4;1-4-6(7)5(2)3;1-3-2;2-1-3;3*1-2/h7-12,14-18,22,31,38H,5-6,13,19-21H2,1-4H3,(H,40,42)(H,41,43);4-7H,1H2,2-3H3;3H2,1-2H3;1H,(H2,2,3);2*2H2,1H3;1H2. The average molecular weight is 959 g/mol. The number of nitrogens with two attached hydrogens (primary N) is 3. The Labute approximate surface area is 406 Å². The van der Waals surface area contributed by atoms with Gasteiger partial charge in [-0.25, -0.2) is 14.4 Å². The van der Waals surface area contributed by atoms with E-state index in [-0.39, 0.29) is 31.1 Å². The number of methoxy groups -OCH3 is 1. The maximum atomic E-state index is 13.5. The molecule has 4 aromatic heterocycles. The zero-order valence-corrected chi connectivity index (χ0v) is 42.0. The van der Waals surface area contributed by atoms with Gasteiger partial charge >= 0.3 is 0 Å². The molecule has 18 heteroatoms. The van der Waals surface area contributed by atoms with E-state index in [1.807, 2.05) is 75.0 Å². The fraction of sp³-hybridized carbons (Fsp3) is 0.431. The number of imidazole rings is 2. The number of H-pyrrole nitrogens is 2. The van der Waals surface area contributed by atoms with Crippen LogP contribution in [0, 0.1) is 12.8 Å². The van der Waals surface area contributed by atoms with Crippen molar-refractivity contribution in [3.05, 3.63) is 103 Å². The molecule has 0 saturated carbocycles. The maximum Gasteiger partial charge on any atom is 0.249 e. The third-order valence-electron chi connectivity index (χ3n) is 10.5. The minimum Gasteiger partial charge on any atom is -0.462 e. The van der Waals surface area contributed by atoms with Crippen molar-refractivity contribution in [2.45, 2.75) is 91.9 Å². The Morgan fingerprint density at radius 2 is 1.64 bits per heavy atom. The van der Waals surface area contributed by atoms with Crippen LogP contribution in [0.5, 0.6) is 5.75 Å². The van der Waals surface area contributed by atoms with E-state index in [9.17, 15) is 9.18 Å². The van der Waals surface area contributed by atoms with E-state index >= 15 is 0 Å². The van der Waals surface area contributed by atoms with Gasteiger partial charge in [0.25, 0.3) is 0 Å².